The van der Waals surface area contributed by atoms with Crippen LogP contribution in [0.4, 0.5) is 5.69 Å². The zero-order chi connectivity index (χ0) is 24.0. The van der Waals surface area contributed by atoms with Gasteiger partial charge in [-0.25, -0.2) is 0 Å². The number of ketones is 1. The van der Waals surface area contributed by atoms with Crippen LogP contribution in [0.25, 0.3) is 0 Å². The normalized spacial score (nSPS) is 31.7. The number of para-hydroxylation sites is 2. The summed E-state index contributed by atoms with van der Waals surface area (Å²) in [4.78, 5) is 49.3. The molecule has 0 aromatic heterocycles. The number of rotatable bonds is 7. The second kappa shape index (κ2) is 11.3. The van der Waals surface area contributed by atoms with E-state index in [1.807, 2.05) is 32.0 Å². The molecule has 0 N–H and O–H groups in total. The number of fused-ring (bicyclic) bond motifs is 2. The number of halogens is 2. The third-order valence-corrected chi connectivity index (χ3v) is 8.44. The van der Waals surface area contributed by atoms with Gasteiger partial charge in [0.15, 0.2) is 0 Å². The number of ether oxygens (including phenoxy) is 1. The summed E-state index contributed by atoms with van der Waals surface area (Å²) in [6, 6.07) is 8.08. The molecule has 0 spiro atoms. The molecule has 8 nitrogen and oxygen atoms in total. The van der Waals surface area contributed by atoms with Crippen LogP contribution >= 0.6 is 24.8 Å². The number of carbonyl (C=O) groups excluding carboxylic acids is 3. The van der Waals surface area contributed by atoms with Gasteiger partial charge in [-0.2, -0.15) is 5.06 Å². The van der Waals surface area contributed by atoms with Gasteiger partial charge in [0.1, 0.15) is 11.5 Å². The largest absolute Gasteiger partial charge is 0.495 e. The van der Waals surface area contributed by atoms with Gasteiger partial charge in [-0.05, 0) is 36.3 Å². The molecule has 200 valence electrons. The first kappa shape index (κ1) is 28.7. The topological polar surface area (TPSA) is 79.4 Å². The number of methoxy groups -OCH3 is 1. The van der Waals surface area contributed by atoms with Crippen molar-refractivity contribution in [3.8, 4) is 5.75 Å². The van der Waals surface area contributed by atoms with Crippen LogP contribution in [0.2, 0.25) is 0 Å². The molecular weight excluding hydrogens is 505 g/mol. The minimum absolute atomic E-state index is 0. The van der Waals surface area contributed by atoms with E-state index in [4.69, 9.17) is 9.57 Å². The molecule has 1 aromatic carbocycles. The smallest absolute Gasteiger partial charge is 0.258 e. The SMILES string of the molecule is COc1ccccc1N1CCN(CCCON2C(=O)C3C(C2=O)[C@@]2(C)CC(=O)[C@@H]3C(C)C2)CC1.Cl.Cl. The van der Waals surface area contributed by atoms with Crippen molar-refractivity contribution in [1.29, 1.82) is 0 Å². The van der Waals surface area contributed by atoms with Crippen LogP contribution in [0.15, 0.2) is 24.3 Å². The van der Waals surface area contributed by atoms with Crippen molar-refractivity contribution >= 4 is 48.1 Å². The number of hydrogen-bond acceptors (Lipinski definition) is 7. The highest BCUT2D eigenvalue weighted by atomic mass is 35.5. The molecule has 3 unspecified atom stereocenters. The van der Waals surface area contributed by atoms with Gasteiger partial charge in [0.25, 0.3) is 11.8 Å². The highest BCUT2D eigenvalue weighted by Gasteiger charge is 2.67. The van der Waals surface area contributed by atoms with E-state index in [9.17, 15) is 14.4 Å². The number of benzene rings is 1. The van der Waals surface area contributed by atoms with Crippen molar-refractivity contribution in [3.05, 3.63) is 24.3 Å². The van der Waals surface area contributed by atoms with Crippen LogP contribution in [0.5, 0.6) is 5.75 Å². The highest BCUT2D eigenvalue weighted by Crippen LogP contribution is 2.60. The van der Waals surface area contributed by atoms with Gasteiger partial charge < -0.3 is 9.64 Å². The molecule has 2 amide bonds. The van der Waals surface area contributed by atoms with Gasteiger partial charge in [-0.1, -0.05) is 26.0 Å². The molecule has 5 aliphatic rings. The predicted octanol–water partition coefficient (Wildman–Crippen LogP) is 3.22. The summed E-state index contributed by atoms with van der Waals surface area (Å²) in [6.45, 7) is 8.89. The molecule has 2 bridgehead atoms. The molecule has 6 rings (SSSR count). The Morgan fingerprint density at radius 1 is 1.00 bits per heavy atom. The summed E-state index contributed by atoms with van der Waals surface area (Å²) in [5.74, 6) is -0.674. The Bertz CT molecular complexity index is 986. The summed E-state index contributed by atoms with van der Waals surface area (Å²) in [5.41, 5.74) is 0.693. The number of anilines is 1. The Morgan fingerprint density at radius 3 is 2.36 bits per heavy atom. The lowest BCUT2D eigenvalue weighted by atomic mass is 9.48. The third-order valence-electron chi connectivity index (χ3n) is 8.44. The molecule has 1 aromatic rings. The van der Waals surface area contributed by atoms with Crippen LogP contribution in [0.3, 0.4) is 0 Å². The number of amides is 2. The monoisotopic (exact) mass is 541 g/mol. The van der Waals surface area contributed by atoms with Crippen molar-refractivity contribution in [2.75, 3.05) is 51.3 Å². The van der Waals surface area contributed by atoms with E-state index < -0.39 is 17.3 Å². The van der Waals surface area contributed by atoms with E-state index in [1.165, 1.54) is 0 Å². The van der Waals surface area contributed by atoms with Crippen molar-refractivity contribution in [2.24, 2.45) is 29.1 Å². The molecular formula is C26H37Cl2N3O5. The maximum atomic E-state index is 13.1. The third kappa shape index (κ3) is 4.85. The Hall–Kier alpha value is -1.87. The average molecular weight is 543 g/mol. The van der Waals surface area contributed by atoms with E-state index in [0.29, 0.717) is 13.0 Å². The molecule has 10 heteroatoms. The fourth-order valence-electron chi connectivity index (χ4n) is 6.99. The Labute approximate surface area is 225 Å². The van der Waals surface area contributed by atoms with Gasteiger partial charge in [0.05, 0.1) is 31.2 Å². The summed E-state index contributed by atoms with van der Waals surface area (Å²) in [7, 11) is 1.70. The molecule has 36 heavy (non-hydrogen) atoms. The lowest BCUT2D eigenvalue weighted by Crippen LogP contribution is -2.56. The first-order valence-corrected chi connectivity index (χ1v) is 12.5. The van der Waals surface area contributed by atoms with Crippen LogP contribution in [0, 0.1) is 29.1 Å². The standard InChI is InChI=1S/C26H35N3O5.2ClH/c1-17-15-26(2)16-19(30)21(17)22-23(26)25(32)29(24(22)31)34-14-6-9-27-10-12-28(13-11-27)18-7-4-5-8-20(18)33-3;;/h4-5,7-8,17,21-23H,6,9-16H2,1-3H3;2*1H/t17?,21-,22?,23?,26+;;/m0../s1. The summed E-state index contributed by atoms with van der Waals surface area (Å²) < 4.78 is 5.49. The zero-order valence-corrected chi connectivity index (χ0v) is 22.8. The van der Waals surface area contributed by atoms with E-state index >= 15 is 0 Å². The van der Waals surface area contributed by atoms with Crippen molar-refractivity contribution in [2.45, 2.75) is 33.1 Å². The van der Waals surface area contributed by atoms with Gasteiger partial charge in [0, 0.05) is 45.1 Å². The number of hydrogen-bond donors (Lipinski definition) is 0. The zero-order valence-electron chi connectivity index (χ0n) is 21.2. The fraction of sp³-hybridized carbons (Fsp3) is 0.654. The molecule has 5 atom stereocenters. The Balaban J connectivity index is 0.00000180. The number of carbonyl (C=O) groups is 3. The molecule has 5 fully saturated rings. The van der Waals surface area contributed by atoms with Crippen molar-refractivity contribution in [3.63, 3.8) is 0 Å². The lowest BCUT2D eigenvalue weighted by molar-refractivity contribution is -0.190. The van der Waals surface area contributed by atoms with E-state index in [0.717, 1.165) is 62.1 Å². The summed E-state index contributed by atoms with van der Waals surface area (Å²) in [5, 5.41) is 0.997. The van der Waals surface area contributed by atoms with Crippen molar-refractivity contribution < 1.29 is 24.0 Å². The Morgan fingerprint density at radius 2 is 1.69 bits per heavy atom. The number of nitrogens with zero attached hydrogens (tertiary/aromatic N) is 3. The first-order chi connectivity index (χ1) is 16.3. The van der Waals surface area contributed by atoms with E-state index in [2.05, 4.69) is 15.9 Å². The van der Waals surface area contributed by atoms with Crippen LogP contribution in [-0.4, -0.2) is 74.0 Å². The first-order valence-electron chi connectivity index (χ1n) is 12.5. The number of Topliss-reactive ketones (excluding diaryl/α,β-unsaturated/α-hetero) is 1. The highest BCUT2D eigenvalue weighted by molar-refractivity contribution is 6.08. The van der Waals surface area contributed by atoms with E-state index in [-0.39, 0.29) is 54.2 Å². The molecule has 2 aliphatic heterocycles. The quantitative estimate of drug-likeness (QED) is 0.387. The van der Waals surface area contributed by atoms with E-state index in [1.54, 1.807) is 7.11 Å². The van der Waals surface area contributed by atoms with Crippen LogP contribution in [0.1, 0.15) is 33.1 Å². The summed E-state index contributed by atoms with van der Waals surface area (Å²) >= 11 is 0. The number of imide groups is 1. The molecule has 2 saturated heterocycles. The van der Waals surface area contributed by atoms with Gasteiger partial charge in [-0.3, -0.25) is 24.1 Å². The molecule has 3 aliphatic carbocycles. The predicted molar refractivity (Wildman–Crippen MR) is 141 cm³/mol. The number of hydroxylamine groups is 2. The van der Waals surface area contributed by atoms with Crippen LogP contribution < -0.4 is 9.64 Å². The molecule has 0 radical (unpaired) electrons. The summed E-state index contributed by atoms with van der Waals surface area (Å²) in [6.07, 6.45) is 1.95. The second-order valence-electron chi connectivity index (χ2n) is 10.7. The van der Waals surface area contributed by atoms with Gasteiger partial charge in [0.2, 0.25) is 0 Å². The lowest BCUT2D eigenvalue weighted by Gasteiger charge is -2.52. The number of piperazine rings is 1. The van der Waals surface area contributed by atoms with Gasteiger partial charge in [-0.15, -0.1) is 24.8 Å². The molecule has 3 saturated carbocycles. The maximum absolute atomic E-state index is 13.1. The van der Waals surface area contributed by atoms with Crippen LogP contribution in [-0.2, 0) is 19.2 Å². The second-order valence-corrected chi connectivity index (χ2v) is 10.7. The maximum Gasteiger partial charge on any atom is 0.258 e. The molecule has 2 heterocycles. The van der Waals surface area contributed by atoms with Crippen molar-refractivity contribution in [1.82, 2.24) is 9.96 Å². The minimum atomic E-state index is -0.537. The Kier molecular flexibility index (Phi) is 8.97. The fourth-order valence-corrected chi connectivity index (χ4v) is 6.99. The van der Waals surface area contributed by atoms with Gasteiger partial charge >= 0.3 is 0 Å². The minimum Gasteiger partial charge on any atom is -0.495 e. The average Bonchev–Trinajstić information content (AvgIpc) is 3.07.